The van der Waals surface area contributed by atoms with Crippen LogP contribution in [0.15, 0.2) is 16.8 Å². The third-order valence-corrected chi connectivity index (χ3v) is 1.60. The molecular formula is C9H11NO7. The molecule has 0 aromatic carbocycles. The van der Waals surface area contributed by atoms with Crippen LogP contribution < -0.4 is 0 Å². The second-order valence-electron chi connectivity index (χ2n) is 2.51. The molecule has 0 unspecified atom stereocenters. The summed E-state index contributed by atoms with van der Waals surface area (Å²) in [7, 11) is 3.11. The molecule has 0 saturated carbocycles. The zero-order valence-corrected chi connectivity index (χ0v) is 9.42. The van der Waals surface area contributed by atoms with Crippen LogP contribution in [0.2, 0.25) is 0 Å². The van der Waals surface area contributed by atoms with Crippen molar-refractivity contribution in [2.75, 3.05) is 21.3 Å². The summed E-state index contributed by atoms with van der Waals surface area (Å²) in [5.41, 5.74) is -1.33. The highest BCUT2D eigenvalue weighted by Crippen LogP contribution is 2.04. The zero-order chi connectivity index (χ0) is 13.4. The summed E-state index contributed by atoms with van der Waals surface area (Å²) in [5.74, 6) is -3.07. The smallest absolute Gasteiger partial charge is 0.361 e. The first-order chi connectivity index (χ1) is 8.01. The summed E-state index contributed by atoms with van der Waals surface area (Å²) < 4.78 is 12.9. The van der Waals surface area contributed by atoms with Gasteiger partial charge in [0.05, 0.1) is 21.3 Å². The van der Waals surface area contributed by atoms with Gasteiger partial charge in [0.15, 0.2) is 0 Å². The fourth-order valence-corrected chi connectivity index (χ4v) is 0.812. The van der Waals surface area contributed by atoms with E-state index in [2.05, 4.69) is 19.4 Å². The Morgan fingerprint density at radius 1 is 1.00 bits per heavy atom. The molecule has 0 bridgehead atoms. The quantitative estimate of drug-likeness (QED) is 0.173. The van der Waals surface area contributed by atoms with Crippen molar-refractivity contribution in [1.29, 1.82) is 0 Å². The van der Waals surface area contributed by atoms with Gasteiger partial charge in [-0.2, -0.15) is 0 Å². The monoisotopic (exact) mass is 245 g/mol. The molecule has 0 fully saturated rings. The summed E-state index contributed by atoms with van der Waals surface area (Å²) in [4.78, 5) is 33.4. The highest BCUT2D eigenvalue weighted by molar-refractivity contribution is 6.49. The first kappa shape index (κ1) is 14.6. The molecule has 0 atom stereocenters. The lowest BCUT2D eigenvalue weighted by molar-refractivity contribution is -0.138. The van der Waals surface area contributed by atoms with Crippen LogP contribution in [0.5, 0.6) is 0 Å². The van der Waals surface area contributed by atoms with E-state index < -0.39 is 29.2 Å². The van der Waals surface area contributed by atoms with Crippen LogP contribution >= 0.6 is 0 Å². The Kier molecular flexibility index (Phi) is 6.01. The number of ether oxygens (including phenoxy) is 3. The van der Waals surface area contributed by atoms with Crippen molar-refractivity contribution in [2.24, 2.45) is 5.16 Å². The van der Waals surface area contributed by atoms with Crippen molar-refractivity contribution in [3.8, 4) is 0 Å². The van der Waals surface area contributed by atoms with Crippen molar-refractivity contribution in [3.05, 3.63) is 11.6 Å². The van der Waals surface area contributed by atoms with Crippen LogP contribution in [-0.4, -0.2) is 50.2 Å². The maximum Gasteiger partial charge on any atom is 0.361 e. The van der Waals surface area contributed by atoms with Crippen molar-refractivity contribution < 1.29 is 33.8 Å². The van der Waals surface area contributed by atoms with Crippen molar-refractivity contribution in [3.63, 3.8) is 0 Å². The number of carbonyl (C=O) groups excluding carboxylic acids is 3. The number of hydrogen-bond acceptors (Lipinski definition) is 8. The van der Waals surface area contributed by atoms with Crippen LogP contribution in [0.25, 0.3) is 0 Å². The maximum absolute atomic E-state index is 11.3. The van der Waals surface area contributed by atoms with E-state index in [4.69, 9.17) is 5.21 Å². The minimum atomic E-state index is -1.10. The Hall–Kier alpha value is -2.38. The third kappa shape index (κ3) is 3.93. The van der Waals surface area contributed by atoms with Crippen molar-refractivity contribution >= 4 is 23.6 Å². The molecule has 0 heterocycles. The molecule has 0 aromatic heterocycles. The maximum atomic E-state index is 11.3. The van der Waals surface area contributed by atoms with Gasteiger partial charge in [0.25, 0.3) is 0 Å². The van der Waals surface area contributed by atoms with Crippen LogP contribution in [0, 0.1) is 0 Å². The number of nitrogens with zero attached hydrogens (tertiary/aromatic N) is 1. The Labute approximate surface area is 96.4 Å². The van der Waals surface area contributed by atoms with Gasteiger partial charge in [0.1, 0.15) is 5.57 Å². The molecule has 1 N–H and O–H groups in total. The molecule has 0 aromatic rings. The molecule has 0 aliphatic heterocycles. The Morgan fingerprint density at radius 2 is 1.53 bits per heavy atom. The SMILES string of the molecule is COC(=O)/C=C(C(=O)OC)/C(=N\O)C(=O)OC. The molecule has 8 heteroatoms. The molecule has 94 valence electrons. The molecular weight excluding hydrogens is 234 g/mol. The third-order valence-electron chi connectivity index (χ3n) is 1.60. The van der Waals surface area contributed by atoms with Crippen LogP contribution in [0.3, 0.4) is 0 Å². The number of carbonyl (C=O) groups is 3. The summed E-state index contributed by atoms with van der Waals surface area (Å²) in [6.07, 6.45) is 0.651. The van der Waals surface area contributed by atoms with Gasteiger partial charge in [-0.15, -0.1) is 0 Å². The lowest BCUT2D eigenvalue weighted by Crippen LogP contribution is -2.25. The summed E-state index contributed by atoms with van der Waals surface area (Å²) >= 11 is 0. The van der Waals surface area contributed by atoms with E-state index in [1.54, 1.807) is 0 Å². The van der Waals surface area contributed by atoms with Crippen LogP contribution in [0.1, 0.15) is 0 Å². The highest BCUT2D eigenvalue weighted by atomic mass is 16.5. The van der Waals surface area contributed by atoms with Gasteiger partial charge >= 0.3 is 17.9 Å². The average molecular weight is 245 g/mol. The van der Waals surface area contributed by atoms with Gasteiger partial charge in [-0.3, -0.25) is 0 Å². The molecule has 8 nitrogen and oxygen atoms in total. The lowest BCUT2D eigenvalue weighted by atomic mass is 10.1. The lowest BCUT2D eigenvalue weighted by Gasteiger charge is -2.05. The number of rotatable bonds is 4. The predicted octanol–water partition coefficient (Wildman–Crippen LogP) is -0.738. The van der Waals surface area contributed by atoms with Crippen molar-refractivity contribution in [2.45, 2.75) is 0 Å². The van der Waals surface area contributed by atoms with E-state index in [0.717, 1.165) is 21.3 Å². The summed E-state index contributed by atoms with van der Waals surface area (Å²) in [6.45, 7) is 0. The topological polar surface area (TPSA) is 111 Å². The van der Waals surface area contributed by atoms with E-state index in [1.807, 2.05) is 0 Å². The summed E-state index contributed by atoms with van der Waals surface area (Å²) in [5, 5.41) is 11.2. The second-order valence-corrected chi connectivity index (χ2v) is 2.51. The molecule has 0 amide bonds. The van der Waals surface area contributed by atoms with E-state index in [-0.39, 0.29) is 0 Å². The van der Waals surface area contributed by atoms with Gasteiger partial charge in [-0.25, -0.2) is 14.4 Å². The predicted molar refractivity (Wildman–Crippen MR) is 53.4 cm³/mol. The summed E-state index contributed by atoms with van der Waals surface area (Å²) in [6, 6.07) is 0. The number of esters is 3. The molecule has 17 heavy (non-hydrogen) atoms. The normalized spacial score (nSPS) is 11.7. The van der Waals surface area contributed by atoms with Crippen molar-refractivity contribution in [1.82, 2.24) is 0 Å². The number of hydrogen-bond donors (Lipinski definition) is 1. The molecule has 0 saturated heterocycles. The van der Waals surface area contributed by atoms with Gasteiger partial charge in [-0.1, -0.05) is 5.16 Å². The Morgan fingerprint density at radius 3 is 1.88 bits per heavy atom. The first-order valence-corrected chi connectivity index (χ1v) is 4.20. The standard InChI is InChI=1S/C9H11NO7/c1-15-6(11)4-5(8(12)16-2)7(10-14)9(13)17-3/h4,14H,1-3H3/b5-4-,10-7+. The number of methoxy groups -OCH3 is 3. The Balaban J connectivity index is 5.46. The Bertz CT molecular complexity index is 383. The average Bonchev–Trinajstić information content (AvgIpc) is 2.36. The van der Waals surface area contributed by atoms with E-state index in [1.165, 1.54) is 0 Å². The molecule has 0 aliphatic rings. The van der Waals surface area contributed by atoms with Gasteiger partial charge in [0, 0.05) is 6.08 Å². The van der Waals surface area contributed by atoms with E-state index in [9.17, 15) is 14.4 Å². The second kappa shape index (κ2) is 6.99. The zero-order valence-electron chi connectivity index (χ0n) is 9.42. The fraction of sp³-hybridized carbons (Fsp3) is 0.333. The number of oxime groups is 1. The minimum absolute atomic E-state index is 0.575. The van der Waals surface area contributed by atoms with Gasteiger partial charge < -0.3 is 19.4 Å². The fourth-order valence-electron chi connectivity index (χ4n) is 0.812. The van der Waals surface area contributed by atoms with Gasteiger partial charge in [0.2, 0.25) is 5.71 Å². The van der Waals surface area contributed by atoms with E-state index in [0.29, 0.717) is 6.08 Å². The van der Waals surface area contributed by atoms with Crippen LogP contribution in [0.4, 0.5) is 0 Å². The van der Waals surface area contributed by atoms with Gasteiger partial charge in [-0.05, 0) is 0 Å². The molecule has 0 radical (unpaired) electrons. The highest BCUT2D eigenvalue weighted by Gasteiger charge is 2.26. The minimum Gasteiger partial charge on any atom is -0.466 e. The largest absolute Gasteiger partial charge is 0.466 e. The van der Waals surface area contributed by atoms with E-state index >= 15 is 0 Å². The first-order valence-electron chi connectivity index (χ1n) is 4.20. The van der Waals surface area contributed by atoms with Crippen LogP contribution in [-0.2, 0) is 28.6 Å². The molecule has 0 aliphatic carbocycles. The molecule has 0 spiro atoms. The molecule has 0 rings (SSSR count).